The quantitative estimate of drug-likeness (QED) is 0.676. The molecular weight excluding hydrogens is 366 g/mol. The summed E-state index contributed by atoms with van der Waals surface area (Å²) in [6.45, 7) is 3.51. The molecule has 0 saturated heterocycles. The van der Waals surface area contributed by atoms with Gasteiger partial charge in [0.15, 0.2) is 0 Å². The third-order valence-electron chi connectivity index (χ3n) is 4.20. The van der Waals surface area contributed by atoms with Crippen LogP contribution in [0.2, 0.25) is 5.02 Å². The van der Waals surface area contributed by atoms with Gasteiger partial charge in [-0.2, -0.15) is 0 Å². The fraction of sp³-hybridized carbons (Fsp3) is 0.150. The first-order valence-corrected chi connectivity index (χ1v) is 8.70. The molecule has 1 atom stereocenters. The summed E-state index contributed by atoms with van der Waals surface area (Å²) >= 11 is 5.87. The zero-order valence-electron chi connectivity index (χ0n) is 14.8. The number of hydrogen-bond acceptors (Lipinski definition) is 4. The van der Waals surface area contributed by atoms with Crippen LogP contribution < -0.4 is 11.2 Å². The molecule has 0 saturated carbocycles. The van der Waals surface area contributed by atoms with Gasteiger partial charge < -0.3 is 5.11 Å². The number of nitrogens with zero attached hydrogens (tertiary/aromatic N) is 2. The van der Waals surface area contributed by atoms with Crippen LogP contribution in [0.25, 0.3) is 5.69 Å². The fourth-order valence-electron chi connectivity index (χ4n) is 2.84. The van der Waals surface area contributed by atoms with Gasteiger partial charge in [-0.3, -0.25) is 14.8 Å². The number of halogens is 1. The Bertz CT molecular complexity index is 1100. The van der Waals surface area contributed by atoms with Crippen molar-refractivity contribution in [3.05, 3.63) is 91.6 Å². The Morgan fingerprint density at radius 3 is 2.37 bits per heavy atom. The van der Waals surface area contributed by atoms with Crippen molar-refractivity contribution in [3.8, 4) is 11.6 Å². The van der Waals surface area contributed by atoms with Crippen LogP contribution in [-0.2, 0) is 0 Å². The van der Waals surface area contributed by atoms with Crippen molar-refractivity contribution in [2.75, 3.05) is 0 Å². The zero-order valence-corrected chi connectivity index (χ0v) is 15.6. The molecule has 2 aromatic carbocycles. The molecule has 2 N–H and O–H groups in total. The van der Waals surface area contributed by atoms with Crippen LogP contribution in [0.4, 0.5) is 0 Å². The first-order valence-electron chi connectivity index (χ1n) is 8.32. The van der Waals surface area contributed by atoms with Gasteiger partial charge in [0.2, 0.25) is 5.88 Å². The van der Waals surface area contributed by atoms with Crippen molar-refractivity contribution in [1.29, 1.82) is 0 Å². The average Bonchev–Trinajstić information content (AvgIpc) is 2.63. The second-order valence-corrected chi connectivity index (χ2v) is 6.51. The van der Waals surface area contributed by atoms with Crippen LogP contribution in [0.3, 0.4) is 0 Å². The molecule has 1 heterocycles. The molecule has 6 nitrogen and oxygen atoms in total. The molecule has 0 unspecified atom stereocenters. The van der Waals surface area contributed by atoms with Gasteiger partial charge in [0.1, 0.15) is 5.56 Å². The van der Waals surface area contributed by atoms with Crippen molar-refractivity contribution in [2.24, 2.45) is 4.99 Å². The molecule has 27 heavy (non-hydrogen) atoms. The molecular formula is C20H18ClN3O3. The number of aliphatic imine (C=N–C) groups is 1. The lowest BCUT2D eigenvalue weighted by molar-refractivity contribution is 0.429. The molecule has 0 spiro atoms. The van der Waals surface area contributed by atoms with Crippen LogP contribution >= 0.6 is 11.6 Å². The molecule has 0 aliphatic rings. The van der Waals surface area contributed by atoms with Gasteiger partial charge in [-0.15, -0.1) is 0 Å². The Kier molecular flexibility index (Phi) is 5.28. The maximum atomic E-state index is 12.3. The fourth-order valence-corrected chi connectivity index (χ4v) is 2.97. The van der Waals surface area contributed by atoms with E-state index in [2.05, 4.69) is 9.98 Å². The van der Waals surface area contributed by atoms with Crippen molar-refractivity contribution >= 4 is 17.3 Å². The number of H-pyrrole nitrogens is 1. The summed E-state index contributed by atoms with van der Waals surface area (Å²) in [6, 6.07) is 15.7. The van der Waals surface area contributed by atoms with E-state index in [9.17, 15) is 14.7 Å². The lowest BCUT2D eigenvalue weighted by atomic mass is 10.1. The molecule has 0 aliphatic carbocycles. The maximum Gasteiger partial charge on any atom is 0.335 e. The first kappa shape index (κ1) is 18.7. The van der Waals surface area contributed by atoms with E-state index >= 15 is 0 Å². The number of aromatic nitrogens is 2. The highest BCUT2D eigenvalue weighted by Crippen LogP contribution is 2.21. The lowest BCUT2D eigenvalue weighted by Crippen LogP contribution is -2.32. The Morgan fingerprint density at radius 1 is 1.11 bits per heavy atom. The van der Waals surface area contributed by atoms with E-state index in [1.165, 1.54) is 0 Å². The number of rotatable bonds is 4. The number of aromatic amines is 1. The van der Waals surface area contributed by atoms with Gasteiger partial charge in [-0.05, 0) is 43.7 Å². The van der Waals surface area contributed by atoms with Crippen LogP contribution in [0.15, 0.2) is 69.2 Å². The molecule has 1 aromatic heterocycles. The van der Waals surface area contributed by atoms with E-state index in [-0.39, 0.29) is 11.6 Å². The summed E-state index contributed by atoms with van der Waals surface area (Å²) in [6.07, 6.45) is 0. The van der Waals surface area contributed by atoms with E-state index in [1.807, 2.05) is 37.3 Å². The van der Waals surface area contributed by atoms with Gasteiger partial charge in [0.05, 0.1) is 17.4 Å². The van der Waals surface area contributed by atoms with Crippen LogP contribution in [0.1, 0.15) is 31.0 Å². The van der Waals surface area contributed by atoms with Crippen molar-refractivity contribution < 1.29 is 5.11 Å². The van der Waals surface area contributed by atoms with E-state index < -0.39 is 17.1 Å². The third kappa shape index (κ3) is 3.85. The molecule has 0 radical (unpaired) electrons. The molecule has 0 fully saturated rings. The maximum absolute atomic E-state index is 12.3. The SMILES string of the molecule is CC(=N[C@H](C)c1ccccc1)c1c(O)n(-c2ccc(Cl)cc2)c(=O)[nH]c1=O. The average molecular weight is 384 g/mol. The molecule has 7 heteroatoms. The Balaban J connectivity index is 2.12. The van der Waals surface area contributed by atoms with Gasteiger partial charge in [-0.1, -0.05) is 41.9 Å². The first-order chi connectivity index (χ1) is 12.9. The van der Waals surface area contributed by atoms with Crippen molar-refractivity contribution in [3.63, 3.8) is 0 Å². The topological polar surface area (TPSA) is 87.4 Å². The Morgan fingerprint density at radius 2 is 1.74 bits per heavy atom. The van der Waals surface area contributed by atoms with E-state index in [0.717, 1.165) is 10.1 Å². The third-order valence-corrected chi connectivity index (χ3v) is 4.45. The molecule has 0 aliphatic heterocycles. The molecule has 0 bridgehead atoms. The highest BCUT2D eigenvalue weighted by atomic mass is 35.5. The van der Waals surface area contributed by atoms with Crippen LogP contribution in [0, 0.1) is 0 Å². The largest absolute Gasteiger partial charge is 0.493 e. The minimum atomic E-state index is -0.743. The van der Waals surface area contributed by atoms with E-state index in [1.54, 1.807) is 31.2 Å². The number of benzene rings is 2. The monoisotopic (exact) mass is 383 g/mol. The van der Waals surface area contributed by atoms with Crippen molar-refractivity contribution in [2.45, 2.75) is 19.9 Å². The zero-order chi connectivity index (χ0) is 19.6. The van der Waals surface area contributed by atoms with Crippen LogP contribution in [-0.4, -0.2) is 20.4 Å². The molecule has 3 rings (SSSR count). The minimum Gasteiger partial charge on any atom is -0.493 e. The lowest BCUT2D eigenvalue weighted by Gasteiger charge is -2.13. The highest BCUT2D eigenvalue weighted by Gasteiger charge is 2.18. The van der Waals surface area contributed by atoms with Gasteiger partial charge in [0, 0.05) is 5.02 Å². The number of hydrogen-bond donors (Lipinski definition) is 2. The molecule has 3 aromatic rings. The van der Waals surface area contributed by atoms with Gasteiger partial charge >= 0.3 is 5.69 Å². The minimum absolute atomic E-state index is 0.0488. The van der Waals surface area contributed by atoms with E-state index in [4.69, 9.17) is 11.6 Å². The standard InChI is InChI=1S/C20H18ClN3O3/c1-12(14-6-4-3-5-7-14)22-13(2)17-18(25)23-20(27)24(19(17)26)16-10-8-15(21)9-11-16/h3-12,26H,1-2H3,(H,23,25,27)/t12-/m1/s1. The number of nitrogens with one attached hydrogen (secondary N) is 1. The second-order valence-electron chi connectivity index (χ2n) is 6.07. The van der Waals surface area contributed by atoms with Crippen LogP contribution in [0.5, 0.6) is 5.88 Å². The second kappa shape index (κ2) is 7.63. The van der Waals surface area contributed by atoms with E-state index in [0.29, 0.717) is 16.4 Å². The summed E-state index contributed by atoms with van der Waals surface area (Å²) in [5.74, 6) is -0.465. The molecule has 138 valence electrons. The highest BCUT2D eigenvalue weighted by molar-refractivity contribution is 6.30. The summed E-state index contributed by atoms with van der Waals surface area (Å²) in [5.41, 5.74) is 0.193. The summed E-state index contributed by atoms with van der Waals surface area (Å²) < 4.78 is 1.01. The summed E-state index contributed by atoms with van der Waals surface area (Å²) in [5, 5.41) is 11.1. The van der Waals surface area contributed by atoms with Crippen molar-refractivity contribution in [1.82, 2.24) is 9.55 Å². The summed E-state index contributed by atoms with van der Waals surface area (Å²) in [7, 11) is 0. The predicted octanol–water partition coefficient (Wildman–Crippen LogP) is 3.46. The Labute approximate surface area is 160 Å². The van der Waals surface area contributed by atoms with Gasteiger partial charge in [-0.25, -0.2) is 9.36 Å². The summed E-state index contributed by atoms with van der Waals surface area (Å²) in [4.78, 5) is 31.3. The molecule has 0 amide bonds. The normalized spacial score (nSPS) is 12.8. The smallest absolute Gasteiger partial charge is 0.335 e. The van der Waals surface area contributed by atoms with Gasteiger partial charge in [0.25, 0.3) is 5.56 Å². The predicted molar refractivity (Wildman–Crippen MR) is 106 cm³/mol. The number of aromatic hydroxyl groups is 1. The Hall–Kier alpha value is -3.12.